The van der Waals surface area contributed by atoms with Gasteiger partial charge in [0.05, 0.1) is 0 Å². The van der Waals surface area contributed by atoms with E-state index < -0.39 is 5.40 Å². The van der Waals surface area contributed by atoms with Crippen molar-refractivity contribution in [1.82, 2.24) is 0 Å². The highest BCUT2D eigenvalue weighted by atomic mass is 31.0. The summed E-state index contributed by atoms with van der Waals surface area (Å²) in [5.74, 6) is 5.44. The first-order chi connectivity index (χ1) is 6.37. The summed E-state index contributed by atoms with van der Waals surface area (Å²) in [5, 5.41) is -1.08. The van der Waals surface area contributed by atoms with E-state index in [4.69, 9.17) is 22.9 Å². The second-order valence-corrected chi connectivity index (χ2v) is 4.03. The summed E-state index contributed by atoms with van der Waals surface area (Å²) in [6.45, 7) is 0. The molecule has 1 aromatic carbocycles. The second-order valence-electron chi connectivity index (χ2n) is 3.07. The fourth-order valence-corrected chi connectivity index (χ4v) is 1.00. The zero-order valence-electron chi connectivity index (χ0n) is 7.62. The zero-order chi connectivity index (χ0) is 10.8. The molecule has 1 atom stereocenters. The molecule has 0 aliphatic carbocycles. The smallest absolute Gasteiger partial charge is 0.141 e. The monoisotopic (exact) mass is 208 g/mol. The van der Waals surface area contributed by atoms with Crippen LogP contribution in [0, 0.1) is 11.8 Å². The third-order valence-electron chi connectivity index (χ3n) is 1.40. The maximum Gasteiger partial charge on any atom is 0.141 e. The molecule has 0 saturated carbocycles. The summed E-state index contributed by atoms with van der Waals surface area (Å²) < 4.78 is 0. The Labute approximate surface area is 85.2 Å². The molecule has 74 valence electrons. The van der Waals surface area contributed by atoms with Gasteiger partial charge >= 0.3 is 0 Å². The Hall–Kier alpha value is -1.27. The first-order valence-electron chi connectivity index (χ1n) is 3.93. The highest BCUT2D eigenvalue weighted by molar-refractivity contribution is 7.19. The lowest BCUT2D eigenvalue weighted by molar-refractivity contribution is 0.831. The van der Waals surface area contributed by atoms with Crippen molar-refractivity contribution in [2.45, 2.75) is 5.40 Å². The van der Waals surface area contributed by atoms with E-state index in [1.807, 2.05) is 0 Å². The number of hydrogen-bond donors (Lipinski definition) is 4. The van der Waals surface area contributed by atoms with Crippen LogP contribution in [0.5, 0.6) is 0 Å². The molecule has 0 fully saturated rings. The fourth-order valence-electron chi connectivity index (χ4n) is 0.929. The molecular formula is C9H13N4P. The number of hydrogen-bond acceptors (Lipinski definition) is 4. The highest BCUT2D eigenvalue weighted by Gasteiger charge is 2.04. The number of benzene rings is 1. The molecule has 0 aliphatic rings. The van der Waals surface area contributed by atoms with Gasteiger partial charge in [0.25, 0.3) is 0 Å². The van der Waals surface area contributed by atoms with Gasteiger partial charge in [-0.1, -0.05) is 21.1 Å². The Bertz CT molecular complexity index is 377. The average molecular weight is 208 g/mol. The van der Waals surface area contributed by atoms with E-state index in [0.717, 1.165) is 0 Å². The lowest BCUT2D eigenvalue weighted by atomic mass is 10.2. The Balaban J connectivity index is 3.02. The van der Waals surface area contributed by atoms with Gasteiger partial charge in [0, 0.05) is 16.9 Å². The van der Waals surface area contributed by atoms with Crippen LogP contribution in [0.25, 0.3) is 0 Å². The minimum Gasteiger partial charge on any atom is -0.399 e. The molecule has 8 N–H and O–H groups in total. The van der Waals surface area contributed by atoms with E-state index >= 15 is 0 Å². The van der Waals surface area contributed by atoms with Crippen molar-refractivity contribution in [2.75, 3.05) is 11.5 Å². The van der Waals surface area contributed by atoms with E-state index in [-0.39, 0.29) is 0 Å². The molecule has 0 heterocycles. The molecular weight excluding hydrogens is 195 g/mol. The van der Waals surface area contributed by atoms with Crippen molar-refractivity contribution in [3.8, 4) is 11.8 Å². The molecule has 0 bridgehead atoms. The van der Waals surface area contributed by atoms with Crippen molar-refractivity contribution < 1.29 is 0 Å². The SMILES string of the molecule is Nc1cc(N)cc(C#CC(N)(N)P)c1. The standard InChI is InChI=1S/C9H13N4P/c10-7-3-6(4-8(11)5-7)1-2-9(12,13)14/h3-5H,10-14H2. The van der Waals surface area contributed by atoms with E-state index in [9.17, 15) is 0 Å². The van der Waals surface area contributed by atoms with Crippen LogP contribution in [-0.4, -0.2) is 5.40 Å². The van der Waals surface area contributed by atoms with Crippen molar-refractivity contribution in [1.29, 1.82) is 0 Å². The average Bonchev–Trinajstić information content (AvgIpc) is 1.97. The molecule has 0 radical (unpaired) electrons. The molecule has 0 aromatic heterocycles. The predicted octanol–water partition coefficient (Wildman–Crippen LogP) is -0.351. The van der Waals surface area contributed by atoms with Gasteiger partial charge in [0.1, 0.15) is 5.40 Å². The third-order valence-corrected chi connectivity index (χ3v) is 1.55. The van der Waals surface area contributed by atoms with E-state index in [0.29, 0.717) is 16.9 Å². The van der Waals surface area contributed by atoms with Crippen LogP contribution in [0.3, 0.4) is 0 Å². The van der Waals surface area contributed by atoms with Crippen LogP contribution in [0.1, 0.15) is 5.56 Å². The third kappa shape index (κ3) is 3.63. The molecule has 1 unspecified atom stereocenters. The van der Waals surface area contributed by atoms with Gasteiger partial charge in [-0.2, -0.15) is 0 Å². The number of rotatable bonds is 0. The summed E-state index contributed by atoms with van der Waals surface area (Å²) in [7, 11) is 2.23. The molecule has 4 nitrogen and oxygen atoms in total. The van der Waals surface area contributed by atoms with Gasteiger partial charge in [-0.3, -0.25) is 0 Å². The van der Waals surface area contributed by atoms with Crippen molar-refractivity contribution in [3.05, 3.63) is 23.8 Å². The minimum absolute atomic E-state index is 0.567. The van der Waals surface area contributed by atoms with E-state index in [2.05, 4.69) is 21.1 Å². The van der Waals surface area contributed by atoms with Gasteiger partial charge in [-0.05, 0) is 18.2 Å². The van der Waals surface area contributed by atoms with Crippen molar-refractivity contribution >= 4 is 20.6 Å². The number of anilines is 2. The maximum atomic E-state index is 5.58. The normalized spacial score (nSPS) is 10.5. The van der Waals surface area contributed by atoms with Crippen LogP contribution in [0.2, 0.25) is 0 Å². The Morgan fingerprint density at radius 2 is 1.57 bits per heavy atom. The van der Waals surface area contributed by atoms with Crippen LogP contribution in [0.15, 0.2) is 18.2 Å². The van der Waals surface area contributed by atoms with E-state index in [1.54, 1.807) is 18.2 Å². The molecule has 0 aliphatic heterocycles. The summed E-state index contributed by atoms with van der Waals surface area (Å²) in [6.07, 6.45) is 0. The highest BCUT2D eigenvalue weighted by Crippen LogP contribution is 2.12. The first-order valence-corrected chi connectivity index (χ1v) is 4.50. The van der Waals surface area contributed by atoms with Crippen molar-refractivity contribution in [2.24, 2.45) is 11.5 Å². The van der Waals surface area contributed by atoms with Gasteiger partial charge in [0.2, 0.25) is 0 Å². The first kappa shape index (κ1) is 10.8. The van der Waals surface area contributed by atoms with Gasteiger partial charge < -0.3 is 22.9 Å². The Morgan fingerprint density at radius 1 is 1.07 bits per heavy atom. The van der Waals surface area contributed by atoms with Gasteiger partial charge in [0.15, 0.2) is 0 Å². The topological polar surface area (TPSA) is 104 Å². The molecule has 14 heavy (non-hydrogen) atoms. The maximum absolute atomic E-state index is 5.58. The Morgan fingerprint density at radius 3 is 2.00 bits per heavy atom. The minimum atomic E-state index is -1.08. The molecule has 0 amide bonds. The summed E-state index contributed by atoms with van der Waals surface area (Å²) >= 11 is 0. The van der Waals surface area contributed by atoms with Crippen LogP contribution < -0.4 is 22.9 Å². The quantitative estimate of drug-likeness (QED) is 0.202. The van der Waals surface area contributed by atoms with E-state index in [1.165, 1.54) is 0 Å². The predicted molar refractivity (Wildman–Crippen MR) is 63.0 cm³/mol. The largest absolute Gasteiger partial charge is 0.399 e. The number of nitrogens with two attached hydrogens (primary N) is 4. The number of nitrogen functional groups attached to an aromatic ring is 2. The Kier molecular flexibility index (Phi) is 2.97. The van der Waals surface area contributed by atoms with Crippen LogP contribution in [-0.2, 0) is 0 Å². The van der Waals surface area contributed by atoms with Gasteiger partial charge in [-0.15, -0.1) is 0 Å². The fraction of sp³-hybridized carbons (Fsp3) is 0.111. The second kappa shape index (κ2) is 3.85. The summed E-state index contributed by atoms with van der Waals surface area (Å²) in [6, 6.07) is 5.07. The van der Waals surface area contributed by atoms with Crippen LogP contribution >= 0.6 is 9.24 Å². The van der Waals surface area contributed by atoms with Crippen LogP contribution in [0.4, 0.5) is 11.4 Å². The van der Waals surface area contributed by atoms with Crippen molar-refractivity contribution in [3.63, 3.8) is 0 Å². The molecule has 5 heteroatoms. The summed E-state index contributed by atoms with van der Waals surface area (Å²) in [4.78, 5) is 0. The zero-order valence-corrected chi connectivity index (χ0v) is 8.77. The lowest BCUT2D eigenvalue weighted by Gasteiger charge is -2.07. The summed E-state index contributed by atoms with van der Waals surface area (Å²) in [5.41, 5.74) is 23.9. The lowest BCUT2D eigenvalue weighted by Crippen LogP contribution is -2.40. The molecule has 1 rings (SSSR count). The molecule has 1 aromatic rings. The van der Waals surface area contributed by atoms with Gasteiger partial charge in [-0.25, -0.2) is 0 Å². The molecule has 0 spiro atoms. The molecule has 0 saturated heterocycles.